The number of ether oxygens (including phenoxy) is 1. The maximum atomic E-state index is 5.46. The summed E-state index contributed by atoms with van der Waals surface area (Å²) in [5, 5.41) is 6.90. The highest BCUT2D eigenvalue weighted by Gasteiger charge is 2.23. The molecule has 1 heterocycles. The van der Waals surface area contributed by atoms with E-state index >= 15 is 0 Å². The smallest absolute Gasteiger partial charge is 0.191 e. The van der Waals surface area contributed by atoms with Crippen LogP contribution >= 0.6 is 35.7 Å². The predicted octanol–water partition coefficient (Wildman–Crippen LogP) is 2.27. The predicted molar refractivity (Wildman–Crippen MR) is 113 cm³/mol. The Kier molecular flexibility index (Phi) is 14.8. The second kappa shape index (κ2) is 14.6. The fraction of sp³-hybridized carbons (Fsp3) is 0.938. The van der Waals surface area contributed by atoms with E-state index in [1.54, 1.807) is 0 Å². The standard InChI is InChI=1S/C16H34N4OS.HI/c1-14(2)15(20-8-10-21-11-9-20)13-19-16(17-3)18-7-5-6-12-22-4;/h14-15H,5-13H2,1-4H3,(H2,17,18,19);1H. The molecule has 1 aliphatic rings. The average Bonchev–Trinajstić information content (AvgIpc) is 2.53. The highest BCUT2D eigenvalue weighted by Crippen LogP contribution is 2.12. The molecule has 5 nitrogen and oxygen atoms in total. The Bertz CT molecular complexity index is 312. The Hall–Kier alpha value is 0.270. The van der Waals surface area contributed by atoms with E-state index in [4.69, 9.17) is 4.74 Å². The topological polar surface area (TPSA) is 48.9 Å². The molecular formula is C16H35IN4OS. The summed E-state index contributed by atoms with van der Waals surface area (Å²) in [6, 6.07) is 0.527. The summed E-state index contributed by atoms with van der Waals surface area (Å²) in [6.07, 6.45) is 4.61. The summed E-state index contributed by atoms with van der Waals surface area (Å²) in [4.78, 5) is 6.86. The van der Waals surface area contributed by atoms with Crippen molar-refractivity contribution < 1.29 is 4.74 Å². The molecule has 138 valence electrons. The molecule has 1 unspecified atom stereocenters. The van der Waals surface area contributed by atoms with Gasteiger partial charge in [0, 0.05) is 39.3 Å². The summed E-state index contributed by atoms with van der Waals surface area (Å²) >= 11 is 1.91. The van der Waals surface area contributed by atoms with Gasteiger partial charge in [0.25, 0.3) is 0 Å². The lowest BCUT2D eigenvalue weighted by atomic mass is 10.0. The Morgan fingerprint density at radius 3 is 2.48 bits per heavy atom. The number of thioether (sulfide) groups is 1. The lowest BCUT2D eigenvalue weighted by molar-refractivity contribution is 0.00752. The van der Waals surface area contributed by atoms with Crippen LogP contribution < -0.4 is 10.6 Å². The highest BCUT2D eigenvalue weighted by atomic mass is 127. The van der Waals surface area contributed by atoms with Gasteiger partial charge in [-0.1, -0.05) is 13.8 Å². The van der Waals surface area contributed by atoms with Crippen LogP contribution in [0.15, 0.2) is 4.99 Å². The number of morpholine rings is 1. The molecule has 0 aromatic carbocycles. The van der Waals surface area contributed by atoms with Crippen molar-refractivity contribution in [2.24, 2.45) is 10.9 Å². The molecule has 1 fully saturated rings. The minimum absolute atomic E-state index is 0. The van der Waals surface area contributed by atoms with Gasteiger partial charge in [-0.25, -0.2) is 0 Å². The summed E-state index contributed by atoms with van der Waals surface area (Å²) in [5.41, 5.74) is 0. The maximum Gasteiger partial charge on any atom is 0.191 e. The van der Waals surface area contributed by atoms with E-state index in [1.807, 2.05) is 18.8 Å². The fourth-order valence-corrected chi connectivity index (χ4v) is 3.19. The van der Waals surface area contributed by atoms with Crippen LogP contribution in [0.2, 0.25) is 0 Å². The van der Waals surface area contributed by atoms with Crippen molar-refractivity contribution >= 4 is 41.7 Å². The SMILES string of the molecule is CN=C(NCCCCSC)NCC(C(C)C)N1CCOCC1.I. The lowest BCUT2D eigenvalue weighted by Gasteiger charge is -2.37. The van der Waals surface area contributed by atoms with E-state index in [0.29, 0.717) is 12.0 Å². The van der Waals surface area contributed by atoms with Crippen LogP contribution in [-0.4, -0.2) is 75.4 Å². The summed E-state index contributed by atoms with van der Waals surface area (Å²) in [7, 11) is 1.84. The van der Waals surface area contributed by atoms with Crippen molar-refractivity contribution in [2.75, 3.05) is 58.4 Å². The molecule has 7 heteroatoms. The van der Waals surface area contributed by atoms with Crippen molar-refractivity contribution in [3.63, 3.8) is 0 Å². The maximum absolute atomic E-state index is 5.46. The van der Waals surface area contributed by atoms with Crippen LogP contribution in [0.25, 0.3) is 0 Å². The van der Waals surface area contributed by atoms with Crippen LogP contribution in [0.5, 0.6) is 0 Å². The van der Waals surface area contributed by atoms with E-state index in [1.165, 1.54) is 18.6 Å². The van der Waals surface area contributed by atoms with Gasteiger partial charge in [0.1, 0.15) is 0 Å². The molecule has 1 aliphatic heterocycles. The first kappa shape index (κ1) is 23.3. The molecule has 2 N–H and O–H groups in total. The Morgan fingerprint density at radius 1 is 1.22 bits per heavy atom. The Labute approximate surface area is 163 Å². The quantitative estimate of drug-likeness (QED) is 0.240. The summed E-state index contributed by atoms with van der Waals surface area (Å²) in [6.45, 7) is 10.3. The molecule has 23 heavy (non-hydrogen) atoms. The van der Waals surface area contributed by atoms with E-state index in [9.17, 15) is 0 Å². The van der Waals surface area contributed by atoms with Gasteiger partial charge in [-0.3, -0.25) is 9.89 Å². The summed E-state index contributed by atoms with van der Waals surface area (Å²) in [5.74, 6) is 2.77. The number of aliphatic imine (C=N–C) groups is 1. The Balaban J connectivity index is 0.00000484. The molecular weight excluding hydrogens is 423 g/mol. The van der Waals surface area contributed by atoms with Crippen LogP contribution in [0, 0.1) is 5.92 Å². The molecule has 0 amide bonds. The highest BCUT2D eigenvalue weighted by molar-refractivity contribution is 14.0. The molecule has 0 aromatic heterocycles. The Morgan fingerprint density at radius 2 is 1.91 bits per heavy atom. The molecule has 0 saturated carbocycles. The van der Waals surface area contributed by atoms with Crippen LogP contribution in [-0.2, 0) is 4.74 Å². The van der Waals surface area contributed by atoms with Crippen LogP contribution in [0.4, 0.5) is 0 Å². The van der Waals surface area contributed by atoms with Crippen LogP contribution in [0.3, 0.4) is 0 Å². The number of nitrogens with one attached hydrogen (secondary N) is 2. The first-order chi connectivity index (χ1) is 10.7. The van der Waals surface area contributed by atoms with E-state index in [-0.39, 0.29) is 24.0 Å². The van der Waals surface area contributed by atoms with E-state index < -0.39 is 0 Å². The van der Waals surface area contributed by atoms with Crippen molar-refractivity contribution in [2.45, 2.75) is 32.7 Å². The molecule has 0 aliphatic carbocycles. The van der Waals surface area contributed by atoms with Gasteiger partial charge in [0.05, 0.1) is 13.2 Å². The second-order valence-corrected chi connectivity index (χ2v) is 7.03. The zero-order valence-electron chi connectivity index (χ0n) is 15.1. The third kappa shape index (κ3) is 9.99. The second-order valence-electron chi connectivity index (χ2n) is 6.04. The minimum atomic E-state index is 0. The molecule has 0 radical (unpaired) electrons. The lowest BCUT2D eigenvalue weighted by Crippen LogP contribution is -2.52. The molecule has 1 rings (SSSR count). The van der Waals surface area contributed by atoms with Crippen molar-refractivity contribution in [1.29, 1.82) is 0 Å². The summed E-state index contributed by atoms with van der Waals surface area (Å²) < 4.78 is 5.46. The molecule has 0 aromatic rings. The zero-order valence-corrected chi connectivity index (χ0v) is 18.3. The van der Waals surface area contributed by atoms with Gasteiger partial charge < -0.3 is 15.4 Å². The van der Waals surface area contributed by atoms with Crippen LogP contribution in [0.1, 0.15) is 26.7 Å². The fourth-order valence-electron chi connectivity index (χ4n) is 2.70. The van der Waals surface area contributed by atoms with Gasteiger partial charge in [-0.15, -0.1) is 24.0 Å². The van der Waals surface area contributed by atoms with E-state index in [0.717, 1.165) is 45.4 Å². The van der Waals surface area contributed by atoms with Gasteiger partial charge in [0.15, 0.2) is 5.96 Å². The number of nitrogens with zero attached hydrogens (tertiary/aromatic N) is 2. The third-order valence-electron chi connectivity index (χ3n) is 4.05. The van der Waals surface area contributed by atoms with E-state index in [2.05, 4.69) is 40.6 Å². The zero-order chi connectivity index (χ0) is 16.2. The number of unbranched alkanes of at least 4 members (excludes halogenated alkanes) is 1. The van der Waals surface area contributed by atoms with Gasteiger partial charge in [0.2, 0.25) is 0 Å². The van der Waals surface area contributed by atoms with Gasteiger partial charge in [-0.2, -0.15) is 11.8 Å². The number of hydrogen-bond acceptors (Lipinski definition) is 4. The number of rotatable bonds is 9. The molecule has 0 bridgehead atoms. The van der Waals surface area contributed by atoms with Crippen molar-refractivity contribution in [3.05, 3.63) is 0 Å². The molecule has 0 spiro atoms. The molecule has 1 atom stereocenters. The normalized spacial score (nSPS) is 17.7. The van der Waals surface area contributed by atoms with Crippen molar-refractivity contribution in [3.8, 4) is 0 Å². The first-order valence-electron chi connectivity index (χ1n) is 8.44. The minimum Gasteiger partial charge on any atom is -0.379 e. The number of hydrogen-bond donors (Lipinski definition) is 2. The first-order valence-corrected chi connectivity index (χ1v) is 9.83. The number of guanidine groups is 1. The van der Waals surface area contributed by atoms with Gasteiger partial charge in [-0.05, 0) is 30.8 Å². The average molecular weight is 458 g/mol. The third-order valence-corrected chi connectivity index (χ3v) is 4.75. The van der Waals surface area contributed by atoms with Gasteiger partial charge >= 0.3 is 0 Å². The number of halogens is 1. The monoisotopic (exact) mass is 458 g/mol. The molecule has 1 saturated heterocycles. The largest absolute Gasteiger partial charge is 0.379 e. The van der Waals surface area contributed by atoms with Crippen molar-refractivity contribution in [1.82, 2.24) is 15.5 Å².